The molecule has 0 amide bonds. The minimum Gasteiger partial charge on any atom is -0.494 e. The van der Waals surface area contributed by atoms with E-state index in [1.165, 1.54) is 0 Å². The third-order valence-electron chi connectivity index (χ3n) is 1.96. The SMILES string of the molecule is CCCOc1ccc(NS(=O)(=O)CCO)cc1. The van der Waals surface area contributed by atoms with Gasteiger partial charge in [0.1, 0.15) is 5.75 Å². The predicted octanol–water partition coefficient (Wildman–Crippen LogP) is 1.21. The second-order valence-corrected chi connectivity index (χ2v) is 5.36. The van der Waals surface area contributed by atoms with E-state index in [9.17, 15) is 8.42 Å². The number of ether oxygens (including phenoxy) is 1. The van der Waals surface area contributed by atoms with Gasteiger partial charge >= 0.3 is 0 Å². The number of benzene rings is 1. The zero-order chi connectivity index (χ0) is 12.7. The predicted molar refractivity (Wildman–Crippen MR) is 66.7 cm³/mol. The van der Waals surface area contributed by atoms with E-state index >= 15 is 0 Å². The molecule has 0 unspecified atom stereocenters. The zero-order valence-corrected chi connectivity index (χ0v) is 10.5. The van der Waals surface area contributed by atoms with Crippen LogP contribution < -0.4 is 9.46 Å². The second kappa shape index (κ2) is 6.46. The van der Waals surface area contributed by atoms with Gasteiger partial charge in [-0.15, -0.1) is 0 Å². The fourth-order valence-electron chi connectivity index (χ4n) is 1.19. The molecule has 0 fully saturated rings. The molecule has 0 aliphatic heterocycles. The van der Waals surface area contributed by atoms with Crippen molar-refractivity contribution in [2.45, 2.75) is 13.3 Å². The van der Waals surface area contributed by atoms with Crippen molar-refractivity contribution in [3.8, 4) is 5.75 Å². The Morgan fingerprint density at radius 2 is 1.94 bits per heavy atom. The lowest BCUT2D eigenvalue weighted by molar-refractivity contribution is 0.317. The standard InChI is InChI=1S/C11H17NO4S/c1-2-8-16-11-5-3-10(4-6-11)12-17(14,15)9-7-13/h3-6,12-13H,2,7-9H2,1H3. The van der Waals surface area contributed by atoms with E-state index in [4.69, 9.17) is 9.84 Å². The van der Waals surface area contributed by atoms with E-state index < -0.39 is 16.6 Å². The summed E-state index contributed by atoms with van der Waals surface area (Å²) in [6.45, 7) is 2.25. The normalized spacial score (nSPS) is 11.2. The first kappa shape index (κ1) is 13.8. The molecular weight excluding hydrogens is 242 g/mol. The van der Waals surface area contributed by atoms with Crippen molar-refractivity contribution in [3.63, 3.8) is 0 Å². The summed E-state index contributed by atoms with van der Waals surface area (Å²) in [6, 6.07) is 6.65. The van der Waals surface area contributed by atoms with Crippen molar-refractivity contribution in [2.75, 3.05) is 23.7 Å². The van der Waals surface area contributed by atoms with Crippen molar-refractivity contribution in [3.05, 3.63) is 24.3 Å². The number of aliphatic hydroxyl groups is 1. The van der Waals surface area contributed by atoms with Crippen LogP contribution in [0.5, 0.6) is 5.75 Å². The number of hydrogen-bond donors (Lipinski definition) is 2. The van der Waals surface area contributed by atoms with Crippen LogP contribution in [-0.2, 0) is 10.0 Å². The van der Waals surface area contributed by atoms with E-state index in [-0.39, 0.29) is 5.75 Å². The molecule has 0 saturated carbocycles. The molecule has 0 spiro atoms. The van der Waals surface area contributed by atoms with Gasteiger partial charge in [0.2, 0.25) is 10.0 Å². The fraction of sp³-hybridized carbons (Fsp3) is 0.455. The summed E-state index contributed by atoms with van der Waals surface area (Å²) in [4.78, 5) is 0. The molecule has 0 radical (unpaired) electrons. The Morgan fingerprint density at radius 1 is 1.29 bits per heavy atom. The Balaban J connectivity index is 2.62. The van der Waals surface area contributed by atoms with Crippen LogP contribution >= 0.6 is 0 Å². The quantitative estimate of drug-likeness (QED) is 0.771. The van der Waals surface area contributed by atoms with Crippen LogP contribution in [0.15, 0.2) is 24.3 Å². The van der Waals surface area contributed by atoms with Crippen molar-refractivity contribution < 1.29 is 18.3 Å². The Hall–Kier alpha value is -1.27. The van der Waals surface area contributed by atoms with E-state index in [0.717, 1.165) is 6.42 Å². The number of sulfonamides is 1. The lowest BCUT2D eigenvalue weighted by Crippen LogP contribution is -2.18. The van der Waals surface area contributed by atoms with Crippen molar-refractivity contribution in [1.29, 1.82) is 0 Å². The summed E-state index contributed by atoms with van der Waals surface area (Å²) in [7, 11) is -3.46. The summed E-state index contributed by atoms with van der Waals surface area (Å²) >= 11 is 0. The van der Waals surface area contributed by atoms with Crippen LogP contribution in [0.1, 0.15) is 13.3 Å². The largest absolute Gasteiger partial charge is 0.494 e. The first-order valence-electron chi connectivity index (χ1n) is 5.41. The lowest BCUT2D eigenvalue weighted by Gasteiger charge is -2.08. The summed E-state index contributed by atoms with van der Waals surface area (Å²) in [5.74, 6) is 0.401. The lowest BCUT2D eigenvalue weighted by atomic mass is 10.3. The molecule has 6 heteroatoms. The molecular formula is C11H17NO4S. The number of rotatable bonds is 7. The molecule has 0 heterocycles. The van der Waals surface area contributed by atoms with Gasteiger partial charge in [0.25, 0.3) is 0 Å². The first-order chi connectivity index (χ1) is 8.07. The van der Waals surface area contributed by atoms with Gasteiger partial charge in [0.05, 0.1) is 19.0 Å². The first-order valence-corrected chi connectivity index (χ1v) is 7.07. The highest BCUT2D eigenvalue weighted by atomic mass is 32.2. The molecule has 1 aromatic rings. The summed E-state index contributed by atoms with van der Waals surface area (Å²) in [5.41, 5.74) is 0.460. The van der Waals surface area contributed by atoms with Gasteiger partial charge < -0.3 is 9.84 Å². The molecule has 0 aromatic heterocycles. The minimum atomic E-state index is -3.46. The molecule has 17 heavy (non-hydrogen) atoms. The van der Waals surface area contributed by atoms with E-state index in [2.05, 4.69) is 4.72 Å². The van der Waals surface area contributed by atoms with Crippen LogP contribution in [-0.4, -0.2) is 32.5 Å². The maximum absolute atomic E-state index is 11.4. The number of nitrogens with one attached hydrogen (secondary N) is 1. The zero-order valence-electron chi connectivity index (χ0n) is 9.72. The molecule has 5 nitrogen and oxygen atoms in total. The molecule has 0 aliphatic carbocycles. The van der Waals surface area contributed by atoms with Gasteiger partial charge in [-0.2, -0.15) is 0 Å². The third kappa shape index (κ3) is 5.06. The number of hydrogen-bond acceptors (Lipinski definition) is 4. The highest BCUT2D eigenvalue weighted by molar-refractivity contribution is 7.92. The molecule has 2 N–H and O–H groups in total. The van der Waals surface area contributed by atoms with Crippen LogP contribution in [0.2, 0.25) is 0 Å². The van der Waals surface area contributed by atoms with Gasteiger partial charge in [-0.3, -0.25) is 4.72 Å². The topological polar surface area (TPSA) is 75.6 Å². The number of anilines is 1. The highest BCUT2D eigenvalue weighted by Gasteiger charge is 2.08. The third-order valence-corrected chi connectivity index (χ3v) is 3.23. The van der Waals surface area contributed by atoms with Crippen LogP contribution in [0, 0.1) is 0 Å². The Bertz CT molecular complexity index is 427. The molecule has 0 atom stereocenters. The smallest absolute Gasteiger partial charge is 0.234 e. The van der Waals surface area contributed by atoms with Crippen molar-refractivity contribution in [2.24, 2.45) is 0 Å². The number of aliphatic hydroxyl groups excluding tert-OH is 1. The molecule has 1 aromatic carbocycles. The molecule has 0 saturated heterocycles. The van der Waals surface area contributed by atoms with Crippen molar-refractivity contribution in [1.82, 2.24) is 0 Å². The van der Waals surface area contributed by atoms with E-state index in [1.54, 1.807) is 24.3 Å². The van der Waals surface area contributed by atoms with E-state index in [1.807, 2.05) is 6.92 Å². The monoisotopic (exact) mass is 259 g/mol. The molecule has 0 bridgehead atoms. The molecule has 0 aliphatic rings. The summed E-state index contributed by atoms with van der Waals surface area (Å²) < 4.78 is 30.4. The molecule has 1 rings (SSSR count). The van der Waals surface area contributed by atoms with Crippen LogP contribution in [0.4, 0.5) is 5.69 Å². The average Bonchev–Trinajstić information content (AvgIpc) is 2.27. The maximum Gasteiger partial charge on any atom is 0.234 e. The second-order valence-electron chi connectivity index (χ2n) is 3.52. The van der Waals surface area contributed by atoms with Crippen molar-refractivity contribution >= 4 is 15.7 Å². The maximum atomic E-state index is 11.4. The Morgan fingerprint density at radius 3 is 2.47 bits per heavy atom. The highest BCUT2D eigenvalue weighted by Crippen LogP contribution is 2.16. The Labute approximate surface area is 101 Å². The summed E-state index contributed by atoms with van der Waals surface area (Å²) in [5, 5.41) is 8.58. The van der Waals surface area contributed by atoms with Gasteiger partial charge in [-0.25, -0.2) is 8.42 Å². The molecule has 96 valence electrons. The van der Waals surface area contributed by atoms with Gasteiger partial charge in [-0.1, -0.05) is 6.92 Å². The fourth-order valence-corrected chi connectivity index (χ4v) is 2.03. The van der Waals surface area contributed by atoms with Gasteiger partial charge in [-0.05, 0) is 30.7 Å². The van der Waals surface area contributed by atoms with Crippen LogP contribution in [0.25, 0.3) is 0 Å². The van der Waals surface area contributed by atoms with Gasteiger partial charge in [0.15, 0.2) is 0 Å². The van der Waals surface area contributed by atoms with E-state index in [0.29, 0.717) is 18.0 Å². The van der Waals surface area contributed by atoms with Gasteiger partial charge in [0, 0.05) is 5.69 Å². The Kier molecular flexibility index (Phi) is 5.24. The minimum absolute atomic E-state index is 0.304. The average molecular weight is 259 g/mol. The summed E-state index contributed by atoms with van der Waals surface area (Å²) in [6.07, 6.45) is 0.922. The van der Waals surface area contributed by atoms with Crippen LogP contribution in [0.3, 0.4) is 0 Å².